The molecule has 0 aliphatic carbocycles. The summed E-state index contributed by atoms with van der Waals surface area (Å²) in [6.45, 7) is 0. The predicted molar refractivity (Wildman–Crippen MR) is 75.3 cm³/mol. The molecule has 19 heavy (non-hydrogen) atoms. The molecule has 0 radical (unpaired) electrons. The summed E-state index contributed by atoms with van der Waals surface area (Å²) in [4.78, 5) is 11.5. The number of halogens is 2. The van der Waals surface area contributed by atoms with E-state index in [-0.39, 0.29) is 21.5 Å². The maximum Gasteiger partial charge on any atom is 0.269 e. The van der Waals surface area contributed by atoms with Gasteiger partial charge in [-0.15, -0.1) is 0 Å². The van der Waals surface area contributed by atoms with Crippen molar-refractivity contribution in [3.8, 4) is 5.75 Å². The standard InChI is InChI=1S/C12H7Cl2NO3S/c13-11-9(16)5-6-10(12(11)14)19-8-3-1-7(2-4-8)15(17)18/h1-6,16H. The van der Waals surface area contributed by atoms with Gasteiger partial charge in [-0.05, 0) is 24.3 Å². The molecule has 0 saturated carbocycles. The third-order valence-corrected chi connectivity index (χ3v) is 4.35. The monoisotopic (exact) mass is 315 g/mol. The molecule has 4 nitrogen and oxygen atoms in total. The summed E-state index contributed by atoms with van der Waals surface area (Å²) >= 11 is 13.1. The molecule has 0 aromatic heterocycles. The van der Waals surface area contributed by atoms with Crippen LogP contribution in [0.4, 0.5) is 5.69 Å². The summed E-state index contributed by atoms with van der Waals surface area (Å²) in [7, 11) is 0. The van der Waals surface area contributed by atoms with Crippen LogP contribution >= 0.6 is 35.0 Å². The minimum Gasteiger partial charge on any atom is -0.506 e. The van der Waals surface area contributed by atoms with Gasteiger partial charge in [-0.2, -0.15) is 0 Å². The number of hydrogen-bond donors (Lipinski definition) is 1. The number of nitrogens with zero attached hydrogens (tertiary/aromatic N) is 1. The van der Waals surface area contributed by atoms with Crippen LogP contribution in [0.25, 0.3) is 0 Å². The highest BCUT2D eigenvalue weighted by atomic mass is 35.5. The second-order valence-electron chi connectivity index (χ2n) is 3.56. The molecular weight excluding hydrogens is 309 g/mol. The summed E-state index contributed by atoms with van der Waals surface area (Å²) in [6, 6.07) is 9.16. The van der Waals surface area contributed by atoms with Crippen molar-refractivity contribution in [1.82, 2.24) is 0 Å². The van der Waals surface area contributed by atoms with Gasteiger partial charge < -0.3 is 5.11 Å². The molecule has 0 spiro atoms. The largest absolute Gasteiger partial charge is 0.506 e. The topological polar surface area (TPSA) is 63.4 Å². The van der Waals surface area contributed by atoms with Gasteiger partial charge in [0.2, 0.25) is 0 Å². The normalized spacial score (nSPS) is 10.4. The Morgan fingerprint density at radius 2 is 1.68 bits per heavy atom. The zero-order valence-electron chi connectivity index (χ0n) is 9.34. The number of hydrogen-bond acceptors (Lipinski definition) is 4. The lowest BCUT2D eigenvalue weighted by molar-refractivity contribution is -0.384. The quantitative estimate of drug-likeness (QED) is 0.655. The van der Waals surface area contributed by atoms with E-state index in [0.717, 1.165) is 4.90 Å². The highest BCUT2D eigenvalue weighted by Gasteiger charge is 2.11. The smallest absolute Gasteiger partial charge is 0.269 e. The Morgan fingerprint density at radius 3 is 2.26 bits per heavy atom. The molecule has 0 amide bonds. The Labute approximate surface area is 123 Å². The molecule has 1 N–H and O–H groups in total. The maximum absolute atomic E-state index is 10.5. The lowest BCUT2D eigenvalue weighted by atomic mass is 10.3. The van der Waals surface area contributed by atoms with Gasteiger partial charge in [0.25, 0.3) is 5.69 Å². The third kappa shape index (κ3) is 3.12. The zero-order chi connectivity index (χ0) is 14.0. The van der Waals surface area contributed by atoms with Gasteiger partial charge in [0.1, 0.15) is 10.8 Å². The molecule has 0 saturated heterocycles. The van der Waals surface area contributed by atoms with Gasteiger partial charge >= 0.3 is 0 Å². The fourth-order valence-corrected chi connectivity index (χ4v) is 2.71. The van der Waals surface area contributed by atoms with Crippen LogP contribution in [-0.2, 0) is 0 Å². The molecule has 7 heteroatoms. The molecule has 2 aromatic carbocycles. The molecule has 2 rings (SSSR count). The lowest BCUT2D eigenvalue weighted by Gasteiger charge is -2.06. The first-order valence-electron chi connectivity index (χ1n) is 5.08. The number of phenolic OH excluding ortho intramolecular Hbond substituents is 1. The second kappa shape index (κ2) is 5.69. The average molecular weight is 316 g/mol. The number of nitro groups is 1. The number of aromatic hydroxyl groups is 1. The Bertz CT molecular complexity index is 632. The van der Waals surface area contributed by atoms with Gasteiger partial charge in [0.05, 0.1) is 9.95 Å². The minimum absolute atomic E-state index is 0.0270. The Kier molecular flexibility index (Phi) is 4.19. The van der Waals surface area contributed by atoms with Crippen LogP contribution in [0.3, 0.4) is 0 Å². The molecular formula is C12H7Cl2NO3S. The van der Waals surface area contributed by atoms with E-state index in [1.165, 1.54) is 30.0 Å². The van der Waals surface area contributed by atoms with Gasteiger partial charge in [0, 0.05) is 21.9 Å². The fraction of sp³-hybridized carbons (Fsp3) is 0. The van der Waals surface area contributed by atoms with E-state index in [0.29, 0.717) is 4.90 Å². The van der Waals surface area contributed by atoms with E-state index in [4.69, 9.17) is 23.2 Å². The molecule has 0 aliphatic rings. The molecule has 0 bridgehead atoms. The summed E-state index contributed by atoms with van der Waals surface area (Å²) in [5, 5.41) is 20.3. The summed E-state index contributed by atoms with van der Waals surface area (Å²) in [5.74, 6) is -0.0836. The number of rotatable bonds is 3. The predicted octanol–water partition coefficient (Wildman–Crippen LogP) is 4.76. The van der Waals surface area contributed by atoms with Gasteiger partial charge in [-0.3, -0.25) is 10.1 Å². The van der Waals surface area contributed by atoms with Crippen molar-refractivity contribution >= 4 is 40.7 Å². The van der Waals surface area contributed by atoms with E-state index in [1.807, 2.05) is 0 Å². The molecule has 0 heterocycles. The highest BCUT2D eigenvalue weighted by Crippen LogP contribution is 2.41. The van der Waals surface area contributed by atoms with Crippen molar-refractivity contribution in [2.24, 2.45) is 0 Å². The van der Waals surface area contributed by atoms with E-state index in [1.54, 1.807) is 18.2 Å². The number of benzene rings is 2. The van der Waals surface area contributed by atoms with E-state index < -0.39 is 4.92 Å². The molecule has 98 valence electrons. The maximum atomic E-state index is 10.5. The average Bonchev–Trinajstić information content (AvgIpc) is 2.40. The highest BCUT2D eigenvalue weighted by molar-refractivity contribution is 7.99. The van der Waals surface area contributed by atoms with Crippen LogP contribution < -0.4 is 0 Å². The number of non-ortho nitro benzene ring substituents is 1. The van der Waals surface area contributed by atoms with Crippen LogP contribution in [0.2, 0.25) is 10.0 Å². The summed E-state index contributed by atoms with van der Waals surface area (Å²) in [5.41, 5.74) is 0.0270. The van der Waals surface area contributed by atoms with E-state index in [9.17, 15) is 15.2 Å². The molecule has 2 aromatic rings. The Hall–Kier alpha value is -1.43. The van der Waals surface area contributed by atoms with Crippen LogP contribution in [0, 0.1) is 10.1 Å². The van der Waals surface area contributed by atoms with Crippen molar-refractivity contribution in [3.05, 3.63) is 56.6 Å². The van der Waals surface area contributed by atoms with Crippen molar-refractivity contribution in [2.45, 2.75) is 9.79 Å². The van der Waals surface area contributed by atoms with Gasteiger partial charge in [-0.25, -0.2) is 0 Å². The first kappa shape index (κ1) is 14.0. The van der Waals surface area contributed by atoms with Crippen LogP contribution in [0.15, 0.2) is 46.2 Å². The fourth-order valence-electron chi connectivity index (χ4n) is 1.36. The summed E-state index contributed by atoms with van der Waals surface area (Å²) in [6.07, 6.45) is 0. The van der Waals surface area contributed by atoms with E-state index in [2.05, 4.69) is 0 Å². The van der Waals surface area contributed by atoms with Crippen LogP contribution in [-0.4, -0.2) is 10.0 Å². The van der Waals surface area contributed by atoms with Crippen LogP contribution in [0.5, 0.6) is 5.75 Å². The van der Waals surface area contributed by atoms with Gasteiger partial charge in [0.15, 0.2) is 0 Å². The van der Waals surface area contributed by atoms with Crippen molar-refractivity contribution in [2.75, 3.05) is 0 Å². The molecule has 0 aliphatic heterocycles. The third-order valence-electron chi connectivity index (χ3n) is 2.30. The van der Waals surface area contributed by atoms with E-state index >= 15 is 0 Å². The SMILES string of the molecule is O=[N+]([O-])c1ccc(Sc2ccc(O)c(Cl)c2Cl)cc1. The van der Waals surface area contributed by atoms with Gasteiger partial charge in [-0.1, -0.05) is 35.0 Å². The van der Waals surface area contributed by atoms with Crippen LogP contribution in [0.1, 0.15) is 0 Å². The lowest BCUT2D eigenvalue weighted by Crippen LogP contribution is -1.86. The number of phenols is 1. The number of nitro benzene ring substituents is 1. The second-order valence-corrected chi connectivity index (χ2v) is 5.44. The summed E-state index contributed by atoms with van der Waals surface area (Å²) < 4.78 is 0. The molecule has 0 atom stereocenters. The van der Waals surface area contributed by atoms with Crippen molar-refractivity contribution in [1.29, 1.82) is 0 Å². The van der Waals surface area contributed by atoms with Crippen molar-refractivity contribution < 1.29 is 10.0 Å². The first-order chi connectivity index (χ1) is 8.99. The van der Waals surface area contributed by atoms with Crippen molar-refractivity contribution in [3.63, 3.8) is 0 Å². The Morgan fingerprint density at radius 1 is 1.05 bits per heavy atom. The zero-order valence-corrected chi connectivity index (χ0v) is 11.7. The first-order valence-corrected chi connectivity index (χ1v) is 6.65. The minimum atomic E-state index is -0.459. The molecule has 0 fully saturated rings. The molecule has 0 unspecified atom stereocenters. The Balaban J connectivity index is 2.26.